The summed E-state index contributed by atoms with van der Waals surface area (Å²) in [6, 6.07) is 14.6. The van der Waals surface area contributed by atoms with Gasteiger partial charge in [0.1, 0.15) is 17.3 Å². The number of amides is 1. The van der Waals surface area contributed by atoms with Gasteiger partial charge in [0, 0.05) is 18.5 Å². The number of hydrogen-bond acceptors (Lipinski definition) is 8. The summed E-state index contributed by atoms with van der Waals surface area (Å²) in [5.41, 5.74) is 2.55. The molecule has 37 heavy (non-hydrogen) atoms. The van der Waals surface area contributed by atoms with E-state index in [1.807, 2.05) is 41.0 Å². The number of anilines is 1. The molecular weight excluding hydrogens is 474 g/mol. The number of carbonyl (C=O) groups excluding carboxylic acids is 2. The molecule has 4 rings (SSSR count). The van der Waals surface area contributed by atoms with Crippen molar-refractivity contribution in [2.75, 3.05) is 19.1 Å². The molecule has 0 aliphatic rings. The normalized spacial score (nSPS) is 10.8. The molecule has 11 nitrogen and oxygen atoms in total. The first-order valence-corrected chi connectivity index (χ1v) is 11.9. The number of hydrogen-bond donors (Lipinski definition) is 1. The number of nitrogens with one attached hydrogen (secondary N) is 1. The van der Waals surface area contributed by atoms with Crippen LogP contribution in [0.15, 0.2) is 54.7 Å². The molecule has 192 valence electrons. The molecule has 0 aliphatic heterocycles. The molecule has 4 aromatic rings. The summed E-state index contributed by atoms with van der Waals surface area (Å²) >= 11 is 0. The maximum Gasteiger partial charge on any atom is 0.337 e. The largest absolute Gasteiger partial charge is 0.496 e. The van der Waals surface area contributed by atoms with E-state index >= 15 is 0 Å². The Morgan fingerprint density at radius 2 is 1.86 bits per heavy atom. The maximum absolute atomic E-state index is 14.0. The van der Waals surface area contributed by atoms with E-state index in [0.717, 1.165) is 36.2 Å². The first-order chi connectivity index (χ1) is 18.0. The first-order valence-electron chi connectivity index (χ1n) is 11.9. The van der Waals surface area contributed by atoms with Crippen molar-refractivity contribution in [2.24, 2.45) is 0 Å². The number of methoxy groups -OCH3 is 2. The summed E-state index contributed by atoms with van der Waals surface area (Å²) in [6.45, 7) is 2.68. The van der Waals surface area contributed by atoms with Crippen LogP contribution in [0.2, 0.25) is 0 Å². The van der Waals surface area contributed by atoms with Crippen LogP contribution in [0.25, 0.3) is 0 Å². The van der Waals surface area contributed by atoms with Crippen molar-refractivity contribution in [3.8, 4) is 5.75 Å². The third kappa shape index (κ3) is 5.83. The van der Waals surface area contributed by atoms with Crippen LogP contribution in [-0.4, -0.2) is 56.3 Å². The van der Waals surface area contributed by atoms with E-state index in [9.17, 15) is 9.59 Å². The SMILES string of the molecule is CCCCc1ncc(C(=O)N(Cc2ccccc2OC)c2nn[nH]n2)n1Cc1ccc(C(=O)OC)cc1. The molecule has 0 saturated carbocycles. The Morgan fingerprint density at radius 3 is 2.54 bits per heavy atom. The maximum atomic E-state index is 14.0. The number of aryl methyl sites for hydroxylation is 1. The molecule has 2 aromatic heterocycles. The Labute approximate surface area is 214 Å². The Hall–Kier alpha value is -4.54. The average molecular weight is 504 g/mol. The van der Waals surface area contributed by atoms with Crippen LogP contribution in [0, 0.1) is 0 Å². The molecule has 0 spiro atoms. The molecule has 0 atom stereocenters. The van der Waals surface area contributed by atoms with E-state index in [1.165, 1.54) is 12.0 Å². The number of ether oxygens (including phenoxy) is 2. The lowest BCUT2D eigenvalue weighted by Gasteiger charge is -2.21. The van der Waals surface area contributed by atoms with Crippen molar-refractivity contribution < 1.29 is 19.1 Å². The zero-order valence-corrected chi connectivity index (χ0v) is 21.0. The van der Waals surface area contributed by atoms with Gasteiger partial charge in [0.2, 0.25) is 0 Å². The molecule has 0 bridgehead atoms. The molecule has 0 fully saturated rings. The van der Waals surface area contributed by atoms with Gasteiger partial charge in [0.25, 0.3) is 11.9 Å². The van der Waals surface area contributed by atoms with Gasteiger partial charge in [-0.2, -0.15) is 5.21 Å². The fraction of sp³-hybridized carbons (Fsp3) is 0.308. The summed E-state index contributed by atoms with van der Waals surface area (Å²) in [4.78, 5) is 31.8. The van der Waals surface area contributed by atoms with E-state index in [2.05, 4.69) is 32.5 Å². The van der Waals surface area contributed by atoms with E-state index in [1.54, 1.807) is 25.4 Å². The molecule has 0 unspecified atom stereocenters. The Kier molecular flexibility index (Phi) is 8.24. The minimum Gasteiger partial charge on any atom is -0.496 e. The number of rotatable bonds is 11. The van der Waals surface area contributed by atoms with Crippen LogP contribution in [0.5, 0.6) is 5.75 Å². The van der Waals surface area contributed by atoms with Crippen molar-refractivity contribution in [2.45, 2.75) is 39.3 Å². The summed E-state index contributed by atoms with van der Waals surface area (Å²) in [5.74, 6) is 0.856. The number of nitrogens with zero attached hydrogens (tertiary/aromatic N) is 6. The lowest BCUT2D eigenvalue weighted by molar-refractivity contribution is 0.0600. The third-order valence-corrected chi connectivity index (χ3v) is 5.97. The molecule has 0 saturated heterocycles. The van der Waals surface area contributed by atoms with E-state index in [0.29, 0.717) is 23.6 Å². The average Bonchev–Trinajstić information content (AvgIpc) is 3.61. The Morgan fingerprint density at radius 1 is 1.08 bits per heavy atom. The number of unbranched alkanes of at least 4 members (excludes halogenated alkanes) is 1. The topological polar surface area (TPSA) is 128 Å². The summed E-state index contributed by atoms with van der Waals surface area (Å²) in [5, 5.41) is 14.2. The van der Waals surface area contributed by atoms with Crippen LogP contribution >= 0.6 is 0 Å². The van der Waals surface area contributed by atoms with Crippen LogP contribution in [-0.2, 0) is 24.2 Å². The van der Waals surface area contributed by atoms with Crippen LogP contribution in [0.3, 0.4) is 0 Å². The van der Waals surface area contributed by atoms with Gasteiger partial charge in [-0.25, -0.2) is 9.78 Å². The summed E-state index contributed by atoms with van der Waals surface area (Å²) in [7, 11) is 2.93. The number of aromatic amines is 1. The number of esters is 1. The second-order valence-electron chi connectivity index (χ2n) is 8.35. The van der Waals surface area contributed by atoms with Crippen LogP contribution in [0.4, 0.5) is 5.95 Å². The van der Waals surface area contributed by atoms with E-state index in [-0.39, 0.29) is 18.4 Å². The fourth-order valence-corrected chi connectivity index (χ4v) is 3.99. The second kappa shape index (κ2) is 11.9. The molecule has 0 radical (unpaired) electrons. The van der Waals surface area contributed by atoms with E-state index in [4.69, 9.17) is 9.47 Å². The number of imidazole rings is 1. The fourth-order valence-electron chi connectivity index (χ4n) is 3.99. The van der Waals surface area contributed by atoms with Gasteiger partial charge >= 0.3 is 5.97 Å². The zero-order chi connectivity index (χ0) is 26.2. The molecule has 2 aromatic carbocycles. The molecule has 1 N–H and O–H groups in total. The van der Waals surface area contributed by atoms with Crippen molar-refractivity contribution in [3.05, 3.63) is 82.9 Å². The molecule has 0 aliphatic carbocycles. The number of benzene rings is 2. The number of para-hydroxylation sites is 1. The van der Waals surface area contributed by atoms with Crippen molar-refractivity contribution in [3.63, 3.8) is 0 Å². The first kappa shape index (κ1) is 25.5. The standard InChI is InChI=1S/C26H29N7O4/c1-4-5-10-23-27-15-21(32(23)16-18-11-13-19(14-12-18)25(35)37-3)24(34)33(26-28-30-31-29-26)17-20-8-6-7-9-22(20)36-2/h6-9,11-15H,4-5,10,16-17H2,1-3H3,(H,28,29,30,31). The Bertz CT molecular complexity index is 1330. The predicted octanol–water partition coefficient (Wildman–Crippen LogP) is 3.43. The van der Waals surface area contributed by atoms with Crippen LogP contribution < -0.4 is 9.64 Å². The Balaban J connectivity index is 1.70. The highest BCUT2D eigenvalue weighted by Gasteiger charge is 2.27. The van der Waals surface area contributed by atoms with Gasteiger partial charge in [-0.1, -0.05) is 48.8 Å². The third-order valence-electron chi connectivity index (χ3n) is 5.97. The molecule has 2 heterocycles. The van der Waals surface area contributed by atoms with E-state index < -0.39 is 5.97 Å². The predicted molar refractivity (Wildman–Crippen MR) is 135 cm³/mol. The van der Waals surface area contributed by atoms with Crippen molar-refractivity contribution in [1.29, 1.82) is 0 Å². The van der Waals surface area contributed by atoms with Gasteiger partial charge in [0.05, 0.1) is 32.5 Å². The lowest BCUT2D eigenvalue weighted by Crippen LogP contribution is -2.33. The number of carbonyl (C=O) groups is 2. The monoisotopic (exact) mass is 503 g/mol. The zero-order valence-electron chi connectivity index (χ0n) is 21.0. The van der Waals surface area contributed by atoms with Gasteiger partial charge in [0.15, 0.2) is 0 Å². The lowest BCUT2D eigenvalue weighted by atomic mass is 10.1. The molecular formula is C26H29N7O4. The number of aromatic nitrogens is 6. The van der Waals surface area contributed by atoms with Gasteiger partial charge in [-0.3, -0.25) is 9.69 Å². The number of tetrazole rings is 1. The van der Waals surface area contributed by atoms with Crippen molar-refractivity contribution in [1.82, 2.24) is 30.2 Å². The second-order valence-corrected chi connectivity index (χ2v) is 8.35. The summed E-state index contributed by atoms with van der Waals surface area (Å²) < 4.78 is 12.2. The highest BCUT2D eigenvalue weighted by molar-refractivity contribution is 6.03. The summed E-state index contributed by atoms with van der Waals surface area (Å²) in [6.07, 6.45) is 4.23. The van der Waals surface area contributed by atoms with Crippen molar-refractivity contribution >= 4 is 17.8 Å². The van der Waals surface area contributed by atoms with Gasteiger partial charge < -0.3 is 14.0 Å². The molecule has 11 heteroatoms. The van der Waals surface area contributed by atoms with Crippen LogP contribution in [0.1, 0.15) is 57.6 Å². The highest BCUT2D eigenvalue weighted by atomic mass is 16.5. The minimum atomic E-state index is -0.402. The smallest absolute Gasteiger partial charge is 0.337 e. The van der Waals surface area contributed by atoms with Gasteiger partial charge in [-0.15, -0.1) is 5.10 Å². The quantitative estimate of drug-likeness (QED) is 0.308. The highest BCUT2D eigenvalue weighted by Crippen LogP contribution is 2.23. The number of H-pyrrole nitrogens is 1. The minimum absolute atomic E-state index is 0.140. The van der Waals surface area contributed by atoms with Gasteiger partial charge in [-0.05, 0) is 35.4 Å². The molecule has 1 amide bonds.